The topological polar surface area (TPSA) is 0 Å². The summed E-state index contributed by atoms with van der Waals surface area (Å²) in [4.78, 5) is 0. The summed E-state index contributed by atoms with van der Waals surface area (Å²) in [6, 6.07) is 0. The van der Waals surface area contributed by atoms with Crippen LogP contribution in [0.4, 0.5) is 0 Å². The van der Waals surface area contributed by atoms with Gasteiger partial charge in [0.1, 0.15) is 0 Å². The molecule has 0 aliphatic rings. The number of alkyl halides is 1. The molecule has 0 aliphatic carbocycles. The van der Waals surface area contributed by atoms with E-state index in [9.17, 15) is 0 Å². The fourth-order valence-electron chi connectivity index (χ4n) is 3.68. The van der Waals surface area contributed by atoms with Gasteiger partial charge in [-0.3, -0.25) is 0 Å². The summed E-state index contributed by atoms with van der Waals surface area (Å²) in [6.45, 7) is 6.96. The van der Waals surface area contributed by atoms with Crippen LogP contribution in [0.2, 0.25) is 0 Å². The maximum Gasteiger partial charge on any atom is 0.0108 e. The summed E-state index contributed by atoms with van der Waals surface area (Å²) in [5.41, 5.74) is 0. The van der Waals surface area contributed by atoms with Gasteiger partial charge in [-0.2, -0.15) is 0 Å². The van der Waals surface area contributed by atoms with Gasteiger partial charge < -0.3 is 0 Å². The zero-order valence-electron chi connectivity index (χ0n) is 19.7. The van der Waals surface area contributed by atoms with E-state index in [1.807, 2.05) is 0 Å². The Balaban J connectivity index is 0. The first-order valence-electron chi connectivity index (χ1n) is 12.4. The quantitative estimate of drug-likeness (QED) is 0.0983. The summed E-state index contributed by atoms with van der Waals surface area (Å²) in [5.74, 6) is 0. The lowest BCUT2D eigenvalue weighted by Crippen LogP contribution is -1.97. The molecule has 0 aromatic rings. The van der Waals surface area contributed by atoms with Gasteiger partial charge in [0.05, 0.1) is 0 Å². The van der Waals surface area contributed by atoms with Crippen molar-refractivity contribution in [2.24, 2.45) is 0 Å². The van der Waals surface area contributed by atoms with E-state index in [-0.39, 0.29) is 0 Å². The lowest BCUT2D eigenvalue weighted by Gasteiger charge is -2.18. The van der Waals surface area contributed by atoms with Gasteiger partial charge in [-0.25, -0.2) is 0 Å². The lowest BCUT2D eigenvalue weighted by molar-refractivity contribution is 0.617. The van der Waals surface area contributed by atoms with Crippen LogP contribution in [-0.2, 0) is 0 Å². The first-order valence-corrected chi connectivity index (χ1v) is 15.1. The molecule has 0 aromatic carbocycles. The summed E-state index contributed by atoms with van der Waals surface area (Å²) in [7, 11) is 0.366. The van der Waals surface area contributed by atoms with Gasteiger partial charge in [-0.1, -0.05) is 117 Å². The van der Waals surface area contributed by atoms with Crippen LogP contribution in [0.3, 0.4) is 0 Å². The molecule has 0 nitrogen and oxygen atoms in total. The average Bonchev–Trinajstić information content (AvgIpc) is 2.70. The molecule has 0 N–H and O–H groups in total. The van der Waals surface area contributed by atoms with E-state index in [0.29, 0.717) is 7.92 Å². The van der Waals surface area contributed by atoms with Gasteiger partial charge >= 0.3 is 0 Å². The highest BCUT2D eigenvalue weighted by Gasteiger charge is 2.07. The third-order valence-corrected chi connectivity index (χ3v) is 8.33. The third-order valence-electron chi connectivity index (χ3n) is 5.48. The molecule has 0 saturated heterocycles. The summed E-state index contributed by atoms with van der Waals surface area (Å²) in [5, 5.41) is 0. The molecule has 0 atom stereocenters. The second kappa shape index (κ2) is 28.9. The maximum absolute atomic E-state index is 4.64. The zero-order chi connectivity index (χ0) is 20.4. The Hall–Kier alpha value is 0.720. The molecular weight excluding hydrogens is 367 g/mol. The smallest absolute Gasteiger partial charge is 0.0108 e. The van der Waals surface area contributed by atoms with E-state index in [1.54, 1.807) is 18.5 Å². The predicted molar refractivity (Wildman–Crippen MR) is 133 cm³/mol. The van der Waals surface area contributed by atoms with Crippen LogP contribution < -0.4 is 0 Å². The summed E-state index contributed by atoms with van der Waals surface area (Å²) in [6.07, 6.45) is 32.7. The highest BCUT2D eigenvalue weighted by molar-refractivity contribution is 7.57. The van der Waals surface area contributed by atoms with Crippen molar-refractivity contribution in [2.75, 3.05) is 24.9 Å². The normalized spacial score (nSPS) is 10.9. The Morgan fingerprint density at radius 2 is 0.593 bits per heavy atom. The molecule has 166 valence electrons. The molecule has 27 heavy (non-hydrogen) atoms. The van der Waals surface area contributed by atoms with Gasteiger partial charge in [0.15, 0.2) is 0 Å². The van der Waals surface area contributed by atoms with E-state index in [4.69, 9.17) is 0 Å². The minimum Gasteiger partial charge on any atom is -0.130 e. The second-order valence-corrected chi connectivity index (χ2v) is 10.8. The van der Waals surface area contributed by atoms with Gasteiger partial charge in [-0.15, -0.1) is 19.5 Å². The van der Waals surface area contributed by atoms with Crippen molar-refractivity contribution < 1.29 is 0 Å². The van der Waals surface area contributed by atoms with Crippen molar-refractivity contribution in [3.63, 3.8) is 0 Å². The van der Waals surface area contributed by atoms with Crippen LogP contribution in [0, 0.1) is 0 Å². The molecule has 0 aliphatic heterocycles. The number of hydrogen-bond donors (Lipinski definition) is 0. The largest absolute Gasteiger partial charge is 0.130 e. The van der Waals surface area contributed by atoms with E-state index in [1.165, 1.54) is 122 Å². The minimum atomic E-state index is 0.366. The fraction of sp³-hybridized carbons (Fsp3) is 1.00. The molecule has 0 fully saturated rings. The standard InChI is InChI=1S/C24H51P.CH3Cl/c1-4-7-10-13-16-19-22-25(23-20-17-14-11-8-5-2)24-21-18-15-12-9-6-3;1-2/h4-24H2,1-3H3;1H3. The fourth-order valence-corrected chi connectivity index (χ4v) is 6.37. The molecule has 2 heteroatoms. The van der Waals surface area contributed by atoms with Crippen LogP contribution in [-0.4, -0.2) is 24.9 Å². The monoisotopic (exact) mass is 420 g/mol. The average molecular weight is 421 g/mol. The maximum atomic E-state index is 4.64. The van der Waals surface area contributed by atoms with Crippen molar-refractivity contribution in [2.45, 2.75) is 136 Å². The molecule has 0 unspecified atom stereocenters. The molecule has 0 saturated carbocycles. The third kappa shape index (κ3) is 26.7. The van der Waals surface area contributed by atoms with Gasteiger partial charge in [0, 0.05) is 6.38 Å². The van der Waals surface area contributed by atoms with E-state index >= 15 is 0 Å². The molecule has 0 aromatic heterocycles. The Morgan fingerprint density at radius 1 is 0.370 bits per heavy atom. The van der Waals surface area contributed by atoms with E-state index < -0.39 is 0 Å². The molecule has 0 rings (SSSR count). The van der Waals surface area contributed by atoms with Crippen molar-refractivity contribution in [3.8, 4) is 0 Å². The molecule has 0 spiro atoms. The first kappa shape index (κ1) is 29.9. The molecular formula is C25H54ClP. The van der Waals surface area contributed by atoms with E-state index in [2.05, 4.69) is 32.4 Å². The van der Waals surface area contributed by atoms with Crippen molar-refractivity contribution in [1.82, 2.24) is 0 Å². The van der Waals surface area contributed by atoms with Crippen LogP contribution >= 0.6 is 19.5 Å². The van der Waals surface area contributed by atoms with Gasteiger partial charge in [-0.05, 0) is 37.7 Å². The number of unbranched alkanes of at least 4 members (excludes halogenated alkanes) is 15. The van der Waals surface area contributed by atoms with Crippen LogP contribution in [0.5, 0.6) is 0 Å². The molecule has 0 bridgehead atoms. The predicted octanol–water partition coefficient (Wildman–Crippen LogP) is 10.4. The van der Waals surface area contributed by atoms with Crippen LogP contribution in [0.1, 0.15) is 136 Å². The van der Waals surface area contributed by atoms with Crippen LogP contribution in [0.25, 0.3) is 0 Å². The number of rotatable bonds is 21. The van der Waals surface area contributed by atoms with Gasteiger partial charge in [0.25, 0.3) is 0 Å². The van der Waals surface area contributed by atoms with E-state index in [0.717, 1.165) is 0 Å². The molecule has 0 heterocycles. The minimum absolute atomic E-state index is 0.366. The second-order valence-electron chi connectivity index (χ2n) is 8.14. The SMILES string of the molecule is CCCCCCCCP(CCCCCCCC)CCCCCCCC.CCl. The van der Waals surface area contributed by atoms with Crippen LogP contribution in [0.15, 0.2) is 0 Å². The Kier molecular flexibility index (Phi) is 32.1. The number of hydrogen-bond acceptors (Lipinski definition) is 0. The Morgan fingerprint density at radius 3 is 0.852 bits per heavy atom. The van der Waals surface area contributed by atoms with Crippen molar-refractivity contribution in [3.05, 3.63) is 0 Å². The summed E-state index contributed by atoms with van der Waals surface area (Å²) >= 11 is 4.64. The Labute approximate surface area is 180 Å². The summed E-state index contributed by atoms with van der Waals surface area (Å²) < 4.78 is 0. The van der Waals surface area contributed by atoms with Crippen molar-refractivity contribution >= 4 is 19.5 Å². The number of halogens is 1. The lowest BCUT2D eigenvalue weighted by atomic mass is 10.1. The molecule has 0 radical (unpaired) electrons. The Bertz CT molecular complexity index is 194. The van der Waals surface area contributed by atoms with Crippen molar-refractivity contribution in [1.29, 1.82) is 0 Å². The highest BCUT2D eigenvalue weighted by atomic mass is 35.5. The van der Waals surface area contributed by atoms with Gasteiger partial charge in [0.2, 0.25) is 0 Å². The highest BCUT2D eigenvalue weighted by Crippen LogP contribution is 2.39. The first-order chi connectivity index (χ1) is 13.3. The molecule has 0 amide bonds. The zero-order valence-corrected chi connectivity index (χ0v) is 21.3.